The van der Waals surface area contributed by atoms with E-state index < -0.39 is 0 Å². The summed E-state index contributed by atoms with van der Waals surface area (Å²) in [5, 5.41) is 6.13. The van der Waals surface area contributed by atoms with Gasteiger partial charge >= 0.3 is 0 Å². The van der Waals surface area contributed by atoms with E-state index in [4.69, 9.17) is 4.74 Å². The lowest BCUT2D eigenvalue weighted by Gasteiger charge is -2.29. The van der Waals surface area contributed by atoms with Gasteiger partial charge in [0.25, 0.3) is 0 Å². The van der Waals surface area contributed by atoms with Gasteiger partial charge in [-0.15, -0.1) is 0 Å². The summed E-state index contributed by atoms with van der Waals surface area (Å²) >= 11 is 0. The normalized spacial score (nSPS) is 26.9. The molecule has 0 bridgehead atoms. The van der Waals surface area contributed by atoms with Crippen LogP contribution in [0.25, 0.3) is 10.8 Å². The minimum absolute atomic E-state index is 0.0664. The van der Waals surface area contributed by atoms with Crippen LogP contribution in [0.1, 0.15) is 25.8 Å². The van der Waals surface area contributed by atoms with Crippen LogP contribution < -0.4 is 5.32 Å². The van der Waals surface area contributed by atoms with E-state index in [2.05, 4.69) is 48.4 Å². The summed E-state index contributed by atoms with van der Waals surface area (Å²) in [4.78, 5) is 4.33. The monoisotopic (exact) mass is 256 g/mol. The Kier molecular flexibility index (Phi) is 3.25. The number of ether oxygens (including phenoxy) is 1. The van der Waals surface area contributed by atoms with Gasteiger partial charge in [-0.25, -0.2) is 0 Å². The van der Waals surface area contributed by atoms with Gasteiger partial charge in [-0.3, -0.25) is 4.98 Å². The Bertz CT molecular complexity index is 578. The lowest BCUT2D eigenvalue weighted by atomic mass is 9.94. The van der Waals surface area contributed by atoms with Gasteiger partial charge in [-0.1, -0.05) is 24.3 Å². The van der Waals surface area contributed by atoms with Gasteiger partial charge in [0.2, 0.25) is 0 Å². The van der Waals surface area contributed by atoms with Crippen molar-refractivity contribution in [1.29, 1.82) is 0 Å². The molecule has 3 rings (SSSR count). The molecule has 100 valence electrons. The second-order valence-corrected chi connectivity index (χ2v) is 5.55. The van der Waals surface area contributed by atoms with Crippen molar-refractivity contribution in [3.05, 3.63) is 42.2 Å². The summed E-state index contributed by atoms with van der Waals surface area (Å²) < 4.78 is 5.67. The summed E-state index contributed by atoms with van der Waals surface area (Å²) in [5.41, 5.74) is 1.31. The Morgan fingerprint density at radius 3 is 3.00 bits per heavy atom. The zero-order valence-corrected chi connectivity index (χ0v) is 11.5. The molecule has 0 aliphatic carbocycles. The zero-order valence-electron chi connectivity index (χ0n) is 11.5. The molecule has 0 saturated carbocycles. The van der Waals surface area contributed by atoms with Gasteiger partial charge in [0, 0.05) is 36.5 Å². The minimum Gasteiger partial charge on any atom is -0.377 e. The molecular formula is C16H20N2O. The van der Waals surface area contributed by atoms with Crippen molar-refractivity contribution < 1.29 is 4.74 Å². The van der Waals surface area contributed by atoms with Crippen molar-refractivity contribution in [2.45, 2.75) is 38.5 Å². The second-order valence-electron chi connectivity index (χ2n) is 5.55. The molecule has 1 aliphatic rings. The molecule has 2 aromatic rings. The summed E-state index contributed by atoms with van der Waals surface area (Å²) in [6.45, 7) is 6.06. The van der Waals surface area contributed by atoms with Crippen molar-refractivity contribution >= 4 is 10.8 Å². The lowest BCUT2D eigenvalue weighted by molar-refractivity contribution is 0.0882. The number of nitrogens with zero attached hydrogens (tertiary/aromatic N) is 1. The van der Waals surface area contributed by atoms with E-state index in [1.165, 1.54) is 16.3 Å². The predicted molar refractivity (Wildman–Crippen MR) is 77.0 cm³/mol. The highest BCUT2D eigenvalue weighted by Crippen LogP contribution is 2.26. The Labute approximate surface area is 114 Å². The molecule has 2 unspecified atom stereocenters. The summed E-state index contributed by atoms with van der Waals surface area (Å²) in [7, 11) is 0. The number of pyridine rings is 1. The highest BCUT2D eigenvalue weighted by atomic mass is 16.5. The van der Waals surface area contributed by atoms with Crippen LogP contribution in [0.4, 0.5) is 0 Å². The van der Waals surface area contributed by atoms with E-state index in [1.54, 1.807) is 0 Å². The molecule has 2 heterocycles. The molecule has 3 nitrogen and oxygen atoms in total. The number of nitrogens with one attached hydrogen (secondary N) is 1. The number of hydrogen-bond acceptors (Lipinski definition) is 3. The third-order valence-electron chi connectivity index (χ3n) is 4.32. The van der Waals surface area contributed by atoms with Crippen LogP contribution in [-0.4, -0.2) is 23.2 Å². The molecule has 19 heavy (non-hydrogen) atoms. The number of hydrogen-bond donors (Lipinski definition) is 1. The molecule has 0 spiro atoms. The fourth-order valence-corrected chi connectivity index (χ4v) is 2.68. The topological polar surface area (TPSA) is 34.1 Å². The second kappa shape index (κ2) is 4.91. The Balaban J connectivity index is 1.82. The summed E-state index contributed by atoms with van der Waals surface area (Å²) in [6.07, 6.45) is 5.20. The quantitative estimate of drug-likeness (QED) is 0.917. The standard InChI is InChI=1S/C16H20N2O/c1-12-16(2,7-8-19-12)18-11-14-10-17-9-13-5-3-4-6-15(13)14/h3-6,9-10,12,18H,7-8,11H2,1-2H3. The largest absolute Gasteiger partial charge is 0.377 e. The molecule has 1 aliphatic heterocycles. The first kappa shape index (κ1) is 12.6. The molecular weight excluding hydrogens is 236 g/mol. The van der Waals surface area contributed by atoms with Crippen LogP contribution in [0, 0.1) is 0 Å². The smallest absolute Gasteiger partial charge is 0.0726 e. The van der Waals surface area contributed by atoms with Crippen LogP contribution in [0.2, 0.25) is 0 Å². The highest BCUT2D eigenvalue weighted by molar-refractivity contribution is 5.84. The maximum atomic E-state index is 5.67. The first-order valence-electron chi connectivity index (χ1n) is 6.87. The van der Waals surface area contributed by atoms with Crippen LogP contribution >= 0.6 is 0 Å². The maximum absolute atomic E-state index is 5.67. The van der Waals surface area contributed by atoms with E-state index in [1.807, 2.05) is 12.4 Å². The average Bonchev–Trinajstić information content (AvgIpc) is 2.77. The van der Waals surface area contributed by atoms with Crippen molar-refractivity contribution in [3.8, 4) is 0 Å². The van der Waals surface area contributed by atoms with Gasteiger partial charge in [-0.2, -0.15) is 0 Å². The fraction of sp³-hybridized carbons (Fsp3) is 0.438. The van der Waals surface area contributed by atoms with Gasteiger partial charge in [0.15, 0.2) is 0 Å². The molecule has 2 atom stereocenters. The Hall–Kier alpha value is -1.45. The van der Waals surface area contributed by atoms with Gasteiger partial charge in [0.1, 0.15) is 0 Å². The van der Waals surface area contributed by atoms with Crippen molar-refractivity contribution in [2.24, 2.45) is 0 Å². The predicted octanol–water partition coefficient (Wildman–Crippen LogP) is 2.89. The third-order valence-corrected chi connectivity index (χ3v) is 4.32. The minimum atomic E-state index is 0.0664. The van der Waals surface area contributed by atoms with Gasteiger partial charge in [0.05, 0.1) is 6.10 Å². The molecule has 1 aromatic carbocycles. The Morgan fingerprint density at radius 1 is 1.37 bits per heavy atom. The number of fused-ring (bicyclic) bond motifs is 1. The van der Waals surface area contributed by atoms with Crippen molar-refractivity contribution in [2.75, 3.05) is 6.61 Å². The van der Waals surface area contributed by atoms with E-state index >= 15 is 0 Å². The van der Waals surface area contributed by atoms with Crippen LogP contribution in [-0.2, 0) is 11.3 Å². The molecule has 0 radical (unpaired) electrons. The zero-order chi connectivity index (χ0) is 13.3. The highest BCUT2D eigenvalue weighted by Gasteiger charge is 2.36. The van der Waals surface area contributed by atoms with Crippen LogP contribution in [0.3, 0.4) is 0 Å². The third kappa shape index (κ3) is 2.36. The average molecular weight is 256 g/mol. The van der Waals surface area contributed by atoms with Crippen molar-refractivity contribution in [1.82, 2.24) is 10.3 Å². The fourth-order valence-electron chi connectivity index (χ4n) is 2.68. The molecule has 1 aromatic heterocycles. The van der Waals surface area contributed by atoms with Gasteiger partial charge in [-0.05, 0) is 31.2 Å². The summed E-state index contributed by atoms with van der Waals surface area (Å²) in [6, 6.07) is 8.39. The molecule has 0 amide bonds. The molecule has 1 N–H and O–H groups in total. The number of aromatic nitrogens is 1. The van der Waals surface area contributed by atoms with Crippen molar-refractivity contribution in [3.63, 3.8) is 0 Å². The van der Waals surface area contributed by atoms with E-state index in [0.29, 0.717) is 0 Å². The lowest BCUT2D eigenvalue weighted by Crippen LogP contribution is -2.47. The maximum Gasteiger partial charge on any atom is 0.0726 e. The first-order valence-corrected chi connectivity index (χ1v) is 6.87. The number of benzene rings is 1. The first-order chi connectivity index (χ1) is 9.19. The van der Waals surface area contributed by atoms with Crippen LogP contribution in [0.5, 0.6) is 0 Å². The van der Waals surface area contributed by atoms with Crippen LogP contribution in [0.15, 0.2) is 36.7 Å². The molecule has 1 fully saturated rings. The summed E-state index contributed by atoms with van der Waals surface area (Å²) in [5.74, 6) is 0. The Morgan fingerprint density at radius 2 is 2.21 bits per heavy atom. The van der Waals surface area contributed by atoms with E-state index in [-0.39, 0.29) is 11.6 Å². The number of rotatable bonds is 3. The SMILES string of the molecule is CC1OCCC1(C)NCc1cncc2ccccc12. The van der Waals surface area contributed by atoms with Gasteiger partial charge < -0.3 is 10.1 Å². The van der Waals surface area contributed by atoms with E-state index in [9.17, 15) is 0 Å². The molecule has 3 heteroatoms. The van der Waals surface area contributed by atoms with E-state index in [0.717, 1.165) is 19.6 Å². The molecule has 1 saturated heterocycles.